The minimum atomic E-state index is 0.193. The van der Waals surface area contributed by atoms with E-state index in [1.54, 1.807) is 0 Å². The van der Waals surface area contributed by atoms with E-state index in [-0.39, 0.29) is 11.8 Å². The van der Waals surface area contributed by atoms with Crippen LogP contribution in [0.15, 0.2) is 28.7 Å². The molecule has 1 amide bonds. The molecule has 1 fully saturated rings. The van der Waals surface area contributed by atoms with Gasteiger partial charge in [0.25, 0.3) is 0 Å². The van der Waals surface area contributed by atoms with Crippen molar-refractivity contribution in [1.82, 2.24) is 10.2 Å². The molecule has 2 rings (SSSR count). The minimum Gasteiger partial charge on any atom is -0.353 e. The quantitative estimate of drug-likeness (QED) is 0.825. The highest BCUT2D eigenvalue weighted by Crippen LogP contribution is 2.20. The molecule has 1 N–H and O–H groups in total. The third-order valence-electron chi connectivity index (χ3n) is 4.36. The molecule has 1 heterocycles. The van der Waals surface area contributed by atoms with Gasteiger partial charge in [-0.2, -0.15) is 0 Å². The number of amides is 1. The molecule has 1 unspecified atom stereocenters. The lowest BCUT2D eigenvalue weighted by atomic mass is 9.95. The maximum Gasteiger partial charge on any atom is 0.223 e. The molecule has 1 saturated heterocycles. The lowest BCUT2D eigenvalue weighted by molar-refractivity contribution is -0.127. The molecular formula is C18H27BrN2O. The Kier molecular flexibility index (Phi) is 6.90. The Bertz CT molecular complexity index is 484. The fourth-order valence-electron chi connectivity index (χ4n) is 3.11. The zero-order chi connectivity index (χ0) is 15.9. The number of hydrogen-bond donors (Lipinski definition) is 1. The molecule has 1 aromatic carbocycles. The predicted molar refractivity (Wildman–Crippen MR) is 94.7 cm³/mol. The van der Waals surface area contributed by atoms with Crippen LogP contribution in [0, 0.1) is 5.92 Å². The maximum atomic E-state index is 12.3. The van der Waals surface area contributed by atoms with Crippen LogP contribution in [0.25, 0.3) is 0 Å². The van der Waals surface area contributed by atoms with Crippen molar-refractivity contribution in [3.05, 3.63) is 34.3 Å². The first kappa shape index (κ1) is 17.5. The molecule has 0 radical (unpaired) electrons. The third kappa shape index (κ3) is 5.40. The van der Waals surface area contributed by atoms with Crippen molar-refractivity contribution in [1.29, 1.82) is 0 Å². The van der Waals surface area contributed by atoms with E-state index in [9.17, 15) is 4.79 Å². The highest BCUT2D eigenvalue weighted by Gasteiger charge is 2.25. The van der Waals surface area contributed by atoms with Crippen LogP contribution in [0.5, 0.6) is 0 Å². The first-order chi connectivity index (χ1) is 10.6. The van der Waals surface area contributed by atoms with Crippen molar-refractivity contribution < 1.29 is 4.79 Å². The minimum absolute atomic E-state index is 0.193. The second-order valence-corrected chi connectivity index (χ2v) is 7.29. The SMILES string of the molecule is CCCC(C)NC(=O)C1CCN(Cc2cccc(Br)c2)CC1. The zero-order valence-electron chi connectivity index (χ0n) is 13.6. The predicted octanol–water partition coefficient (Wildman–Crippen LogP) is 3.97. The topological polar surface area (TPSA) is 32.3 Å². The van der Waals surface area contributed by atoms with Gasteiger partial charge in [0.1, 0.15) is 0 Å². The van der Waals surface area contributed by atoms with Crippen LogP contribution in [0.1, 0.15) is 45.1 Å². The highest BCUT2D eigenvalue weighted by atomic mass is 79.9. The largest absolute Gasteiger partial charge is 0.353 e. The Labute approximate surface area is 142 Å². The Hall–Kier alpha value is -0.870. The summed E-state index contributed by atoms with van der Waals surface area (Å²) in [4.78, 5) is 14.7. The average molecular weight is 367 g/mol. The van der Waals surface area contributed by atoms with E-state index in [1.165, 1.54) is 5.56 Å². The van der Waals surface area contributed by atoms with Crippen molar-refractivity contribution in [2.45, 2.75) is 52.1 Å². The van der Waals surface area contributed by atoms with Crippen molar-refractivity contribution in [3.8, 4) is 0 Å². The first-order valence-corrected chi connectivity index (χ1v) is 9.15. The van der Waals surface area contributed by atoms with Crippen molar-refractivity contribution in [2.24, 2.45) is 5.92 Å². The molecule has 0 aliphatic carbocycles. The van der Waals surface area contributed by atoms with Gasteiger partial charge in [-0.15, -0.1) is 0 Å². The molecule has 1 atom stereocenters. The molecule has 1 aromatic rings. The number of likely N-dealkylation sites (tertiary alicyclic amines) is 1. The summed E-state index contributed by atoms with van der Waals surface area (Å²) in [5, 5.41) is 3.16. The summed E-state index contributed by atoms with van der Waals surface area (Å²) in [7, 11) is 0. The van der Waals surface area contributed by atoms with Gasteiger partial charge in [-0.25, -0.2) is 0 Å². The number of piperidine rings is 1. The second kappa shape index (κ2) is 8.68. The van der Waals surface area contributed by atoms with Crippen LogP contribution in [0.4, 0.5) is 0 Å². The summed E-state index contributed by atoms with van der Waals surface area (Å²) in [5.41, 5.74) is 1.33. The van der Waals surface area contributed by atoms with Crippen molar-refractivity contribution >= 4 is 21.8 Å². The van der Waals surface area contributed by atoms with E-state index in [4.69, 9.17) is 0 Å². The van der Waals surface area contributed by atoms with Gasteiger partial charge in [-0.05, 0) is 57.0 Å². The Balaban J connectivity index is 1.76. The van der Waals surface area contributed by atoms with Gasteiger partial charge in [-0.1, -0.05) is 41.4 Å². The van der Waals surface area contributed by atoms with E-state index in [0.29, 0.717) is 6.04 Å². The van der Waals surface area contributed by atoms with Gasteiger partial charge in [0.15, 0.2) is 0 Å². The molecule has 0 aromatic heterocycles. The van der Waals surface area contributed by atoms with Crippen molar-refractivity contribution in [2.75, 3.05) is 13.1 Å². The second-order valence-electron chi connectivity index (χ2n) is 6.38. The van der Waals surface area contributed by atoms with Gasteiger partial charge >= 0.3 is 0 Å². The van der Waals surface area contributed by atoms with Crippen LogP contribution in [0.2, 0.25) is 0 Å². The zero-order valence-corrected chi connectivity index (χ0v) is 15.2. The van der Waals surface area contributed by atoms with E-state index < -0.39 is 0 Å². The first-order valence-electron chi connectivity index (χ1n) is 8.35. The summed E-state index contributed by atoms with van der Waals surface area (Å²) >= 11 is 3.52. The number of hydrogen-bond acceptors (Lipinski definition) is 2. The lowest BCUT2D eigenvalue weighted by Gasteiger charge is -2.32. The normalized spacial score (nSPS) is 18.1. The maximum absolute atomic E-state index is 12.3. The number of nitrogens with one attached hydrogen (secondary N) is 1. The number of carbonyl (C=O) groups excluding carboxylic acids is 1. The summed E-state index contributed by atoms with van der Waals surface area (Å²) in [6.45, 7) is 7.24. The smallest absolute Gasteiger partial charge is 0.223 e. The van der Waals surface area contributed by atoms with Gasteiger partial charge in [0.05, 0.1) is 0 Å². The van der Waals surface area contributed by atoms with Gasteiger partial charge in [-0.3, -0.25) is 9.69 Å². The summed E-state index contributed by atoms with van der Waals surface area (Å²) in [6, 6.07) is 8.77. The monoisotopic (exact) mass is 366 g/mol. The lowest BCUT2D eigenvalue weighted by Crippen LogP contribution is -2.42. The number of rotatable bonds is 6. The van der Waals surface area contributed by atoms with E-state index in [1.807, 2.05) is 0 Å². The molecule has 4 heteroatoms. The number of halogens is 1. The van der Waals surface area contributed by atoms with Crippen molar-refractivity contribution in [3.63, 3.8) is 0 Å². The van der Waals surface area contributed by atoms with Gasteiger partial charge in [0.2, 0.25) is 5.91 Å². The Morgan fingerprint density at radius 2 is 2.14 bits per heavy atom. The van der Waals surface area contributed by atoms with Gasteiger partial charge in [0, 0.05) is 23.0 Å². The van der Waals surface area contributed by atoms with Gasteiger partial charge < -0.3 is 5.32 Å². The van der Waals surface area contributed by atoms with Crippen LogP contribution < -0.4 is 5.32 Å². The van der Waals surface area contributed by atoms with E-state index in [0.717, 1.165) is 49.8 Å². The Morgan fingerprint density at radius 1 is 1.41 bits per heavy atom. The standard InChI is InChI=1S/C18H27BrN2O/c1-3-5-14(2)20-18(22)16-8-10-21(11-9-16)13-15-6-4-7-17(19)12-15/h4,6-7,12,14,16H,3,5,8-11,13H2,1-2H3,(H,20,22). The molecule has 0 saturated carbocycles. The summed E-state index contributed by atoms with van der Waals surface area (Å²) < 4.78 is 1.13. The third-order valence-corrected chi connectivity index (χ3v) is 4.86. The van der Waals surface area contributed by atoms with Crippen LogP contribution >= 0.6 is 15.9 Å². The fourth-order valence-corrected chi connectivity index (χ4v) is 3.56. The highest BCUT2D eigenvalue weighted by molar-refractivity contribution is 9.10. The molecule has 122 valence electrons. The summed E-state index contributed by atoms with van der Waals surface area (Å²) in [6.07, 6.45) is 4.12. The molecule has 0 bridgehead atoms. The molecule has 0 spiro atoms. The van der Waals surface area contributed by atoms with E-state index in [2.05, 4.69) is 64.3 Å². The van der Waals surface area contributed by atoms with Crippen LogP contribution in [0.3, 0.4) is 0 Å². The number of benzene rings is 1. The van der Waals surface area contributed by atoms with Crippen LogP contribution in [-0.4, -0.2) is 29.9 Å². The molecule has 22 heavy (non-hydrogen) atoms. The summed E-state index contributed by atoms with van der Waals surface area (Å²) in [5.74, 6) is 0.445. The molecular weight excluding hydrogens is 340 g/mol. The van der Waals surface area contributed by atoms with Crippen LogP contribution in [-0.2, 0) is 11.3 Å². The molecule has 1 aliphatic heterocycles. The van der Waals surface area contributed by atoms with E-state index >= 15 is 0 Å². The fraction of sp³-hybridized carbons (Fsp3) is 0.611. The molecule has 3 nitrogen and oxygen atoms in total. The average Bonchev–Trinajstić information content (AvgIpc) is 2.48. The Morgan fingerprint density at radius 3 is 2.77 bits per heavy atom. The number of carbonyl (C=O) groups is 1. The number of nitrogens with zero attached hydrogens (tertiary/aromatic N) is 1. The molecule has 1 aliphatic rings.